The number of primary amides is 1. The first-order valence-corrected chi connectivity index (χ1v) is 7.19. The Labute approximate surface area is 130 Å². The van der Waals surface area contributed by atoms with Crippen LogP contribution >= 0.6 is 0 Å². The molecular formula is C18H31NO2. The van der Waals surface area contributed by atoms with Gasteiger partial charge in [-0.25, -0.2) is 0 Å². The van der Waals surface area contributed by atoms with Crippen LogP contribution in [0.3, 0.4) is 0 Å². The molecule has 0 atom stereocenters. The van der Waals surface area contributed by atoms with Gasteiger partial charge in [-0.15, -0.1) is 6.58 Å². The zero-order valence-electron chi connectivity index (χ0n) is 13.9. The molecule has 3 N–H and O–H groups in total. The van der Waals surface area contributed by atoms with E-state index >= 15 is 0 Å². The maximum Gasteiger partial charge on any atom is 0.217 e. The summed E-state index contributed by atoms with van der Waals surface area (Å²) in [5.41, 5.74) is 6.56. The third-order valence-corrected chi connectivity index (χ3v) is 3.83. The summed E-state index contributed by atoms with van der Waals surface area (Å²) in [5, 5.41) is 9.47. The van der Waals surface area contributed by atoms with Gasteiger partial charge in [-0.1, -0.05) is 49.8 Å². The average molecular weight is 293 g/mol. The van der Waals surface area contributed by atoms with Crippen LogP contribution in [0.25, 0.3) is 0 Å². The molecule has 0 aliphatic rings. The van der Waals surface area contributed by atoms with Crippen LogP contribution in [-0.4, -0.2) is 16.6 Å². The number of amides is 1. The molecular weight excluding hydrogens is 262 g/mol. The van der Waals surface area contributed by atoms with Crippen LogP contribution in [0.15, 0.2) is 36.9 Å². The van der Waals surface area contributed by atoms with E-state index in [4.69, 9.17) is 5.73 Å². The number of carbonyl (C=O) groups excluding carboxylic acids is 1. The Morgan fingerprint density at radius 3 is 2.29 bits per heavy atom. The molecule has 0 saturated carbocycles. The summed E-state index contributed by atoms with van der Waals surface area (Å²) in [6, 6.07) is 8.11. The number of nitrogens with two attached hydrogens (primary N) is 1. The maximum absolute atomic E-state index is 10.5. The number of hydrogen-bond acceptors (Lipinski definition) is 2. The van der Waals surface area contributed by atoms with E-state index in [0.717, 1.165) is 6.42 Å². The number of aliphatic hydroxyl groups is 1. The van der Waals surface area contributed by atoms with Crippen molar-refractivity contribution in [3.63, 3.8) is 0 Å². The van der Waals surface area contributed by atoms with Gasteiger partial charge < -0.3 is 10.8 Å². The van der Waals surface area contributed by atoms with Crippen molar-refractivity contribution in [3.8, 4) is 0 Å². The lowest BCUT2D eigenvalue weighted by Crippen LogP contribution is -2.36. The van der Waals surface area contributed by atoms with E-state index in [0.29, 0.717) is 6.42 Å². The SMILES string of the molecule is C=CC(C)(C)C(C)(C)O.Cc1cccc(CCC(N)=O)c1.[HH]. The molecule has 0 saturated heterocycles. The summed E-state index contributed by atoms with van der Waals surface area (Å²) in [5.74, 6) is -0.239. The Morgan fingerprint density at radius 1 is 1.38 bits per heavy atom. The second kappa shape index (κ2) is 7.99. The topological polar surface area (TPSA) is 63.3 Å². The third kappa shape index (κ3) is 7.66. The summed E-state index contributed by atoms with van der Waals surface area (Å²) in [6.07, 6.45) is 2.95. The lowest BCUT2D eigenvalue weighted by atomic mass is 9.78. The molecule has 0 aromatic heterocycles. The van der Waals surface area contributed by atoms with Gasteiger partial charge in [0.05, 0.1) is 5.60 Å². The van der Waals surface area contributed by atoms with E-state index in [1.807, 2.05) is 39.0 Å². The Hall–Kier alpha value is -1.61. The highest BCUT2D eigenvalue weighted by Crippen LogP contribution is 2.30. The fourth-order valence-corrected chi connectivity index (χ4v) is 1.38. The zero-order chi connectivity index (χ0) is 16.7. The van der Waals surface area contributed by atoms with E-state index in [9.17, 15) is 9.90 Å². The monoisotopic (exact) mass is 293 g/mol. The Balaban J connectivity index is 0. The van der Waals surface area contributed by atoms with Gasteiger partial charge in [-0.05, 0) is 32.8 Å². The molecule has 0 unspecified atom stereocenters. The van der Waals surface area contributed by atoms with E-state index in [-0.39, 0.29) is 12.7 Å². The van der Waals surface area contributed by atoms with Gasteiger partial charge in [0, 0.05) is 13.3 Å². The maximum atomic E-state index is 10.5. The van der Waals surface area contributed by atoms with Gasteiger partial charge in [-0.3, -0.25) is 4.79 Å². The first-order valence-electron chi connectivity index (χ1n) is 7.19. The fourth-order valence-electron chi connectivity index (χ4n) is 1.38. The lowest BCUT2D eigenvalue weighted by Gasteiger charge is -2.34. The lowest BCUT2D eigenvalue weighted by molar-refractivity contribution is -0.117. The molecule has 21 heavy (non-hydrogen) atoms. The minimum Gasteiger partial charge on any atom is -0.390 e. The number of hydrogen-bond donors (Lipinski definition) is 2. The second-order valence-electron chi connectivity index (χ2n) is 6.44. The quantitative estimate of drug-likeness (QED) is 0.814. The molecule has 0 aliphatic heterocycles. The van der Waals surface area contributed by atoms with Gasteiger partial charge in [0.2, 0.25) is 5.91 Å². The van der Waals surface area contributed by atoms with Crippen LogP contribution in [0, 0.1) is 12.3 Å². The van der Waals surface area contributed by atoms with Gasteiger partial charge >= 0.3 is 0 Å². The molecule has 1 aromatic rings. The van der Waals surface area contributed by atoms with Crippen LogP contribution in [0.1, 0.15) is 46.7 Å². The standard InChI is InChI=1S/C10H13NO.C8H16O.H2/c1-8-3-2-4-9(7-8)5-6-10(11)12;1-6-7(2,3)8(4,5)9;/h2-4,7H,5-6H2,1H3,(H2,11,12);6,9H,1H2,2-5H3;1H. The van der Waals surface area contributed by atoms with Gasteiger partial charge in [0.1, 0.15) is 0 Å². The van der Waals surface area contributed by atoms with Crippen molar-refractivity contribution in [2.24, 2.45) is 11.1 Å². The molecule has 0 aliphatic carbocycles. The van der Waals surface area contributed by atoms with Crippen molar-refractivity contribution in [1.29, 1.82) is 0 Å². The molecule has 1 amide bonds. The first-order chi connectivity index (χ1) is 9.49. The third-order valence-electron chi connectivity index (χ3n) is 3.83. The van der Waals surface area contributed by atoms with Crippen molar-refractivity contribution in [2.75, 3.05) is 0 Å². The van der Waals surface area contributed by atoms with Crippen LogP contribution in [0.2, 0.25) is 0 Å². The summed E-state index contributed by atoms with van der Waals surface area (Å²) in [6.45, 7) is 13.2. The van der Waals surface area contributed by atoms with Crippen molar-refractivity contribution in [1.82, 2.24) is 0 Å². The zero-order valence-corrected chi connectivity index (χ0v) is 13.9. The summed E-state index contributed by atoms with van der Waals surface area (Å²) in [7, 11) is 0. The highest BCUT2D eigenvalue weighted by Gasteiger charge is 2.31. The Bertz CT molecular complexity index is 476. The largest absolute Gasteiger partial charge is 0.390 e. The summed E-state index contributed by atoms with van der Waals surface area (Å²) in [4.78, 5) is 10.5. The highest BCUT2D eigenvalue weighted by molar-refractivity contribution is 5.73. The van der Waals surface area contributed by atoms with Crippen LogP contribution in [-0.2, 0) is 11.2 Å². The van der Waals surface area contributed by atoms with Crippen molar-refractivity contribution < 1.29 is 11.3 Å². The van der Waals surface area contributed by atoms with Gasteiger partial charge in [0.15, 0.2) is 0 Å². The Kier molecular flexibility index (Phi) is 7.37. The highest BCUT2D eigenvalue weighted by atomic mass is 16.3. The van der Waals surface area contributed by atoms with Crippen LogP contribution in [0.4, 0.5) is 0 Å². The molecule has 0 radical (unpaired) electrons. The van der Waals surface area contributed by atoms with Crippen LogP contribution in [0.5, 0.6) is 0 Å². The molecule has 1 rings (SSSR count). The minimum absolute atomic E-state index is 0. The van der Waals surface area contributed by atoms with Crippen molar-refractivity contribution >= 4 is 5.91 Å². The summed E-state index contributed by atoms with van der Waals surface area (Å²) < 4.78 is 0. The molecule has 3 nitrogen and oxygen atoms in total. The fraction of sp³-hybridized carbons (Fsp3) is 0.500. The minimum atomic E-state index is -0.672. The van der Waals surface area contributed by atoms with Gasteiger partial charge in [0.25, 0.3) is 0 Å². The number of aryl methyl sites for hydroxylation is 2. The first kappa shape index (κ1) is 19.4. The predicted octanol–water partition coefficient (Wildman–Crippen LogP) is 3.63. The van der Waals surface area contributed by atoms with Gasteiger partial charge in [-0.2, -0.15) is 0 Å². The van der Waals surface area contributed by atoms with E-state index < -0.39 is 5.60 Å². The predicted molar refractivity (Wildman–Crippen MR) is 91.1 cm³/mol. The van der Waals surface area contributed by atoms with E-state index in [2.05, 4.69) is 12.6 Å². The van der Waals surface area contributed by atoms with Crippen LogP contribution < -0.4 is 5.73 Å². The molecule has 0 bridgehead atoms. The summed E-state index contributed by atoms with van der Waals surface area (Å²) >= 11 is 0. The molecule has 3 heteroatoms. The Morgan fingerprint density at radius 2 is 1.95 bits per heavy atom. The van der Waals surface area contributed by atoms with E-state index in [1.54, 1.807) is 19.9 Å². The number of rotatable bonds is 5. The smallest absolute Gasteiger partial charge is 0.217 e. The molecule has 120 valence electrons. The number of carbonyl (C=O) groups is 1. The normalized spacial score (nSPS) is 11.3. The second-order valence-corrected chi connectivity index (χ2v) is 6.44. The van der Waals surface area contributed by atoms with E-state index in [1.165, 1.54) is 11.1 Å². The molecule has 0 spiro atoms. The molecule has 1 aromatic carbocycles. The molecule has 0 fully saturated rings. The van der Waals surface area contributed by atoms with Crippen molar-refractivity contribution in [2.45, 2.75) is 53.1 Å². The van der Waals surface area contributed by atoms with Crippen molar-refractivity contribution in [3.05, 3.63) is 48.0 Å². The average Bonchev–Trinajstić information content (AvgIpc) is 2.36. The molecule has 0 heterocycles. The number of benzene rings is 1.